The lowest BCUT2D eigenvalue weighted by atomic mass is 10.1. The van der Waals surface area contributed by atoms with Crippen LogP contribution < -0.4 is 10.9 Å². The summed E-state index contributed by atoms with van der Waals surface area (Å²) in [6.45, 7) is 5.78. The molecule has 7 nitrogen and oxygen atoms in total. The normalized spacial score (nSPS) is 12.0. The summed E-state index contributed by atoms with van der Waals surface area (Å²) in [6, 6.07) is 3.88. The molecule has 0 aliphatic heterocycles. The number of aromatic amines is 1. The zero-order valence-corrected chi connectivity index (χ0v) is 14.5. The molecule has 0 spiro atoms. The zero-order valence-electron chi connectivity index (χ0n) is 13.7. The maximum Gasteiger partial charge on any atom is 0.328 e. The molecule has 2 aromatic rings. The van der Waals surface area contributed by atoms with Crippen LogP contribution in [0.5, 0.6) is 0 Å². The van der Waals surface area contributed by atoms with E-state index in [2.05, 4.69) is 10.3 Å². The van der Waals surface area contributed by atoms with Crippen LogP contribution in [0.3, 0.4) is 0 Å². The van der Waals surface area contributed by atoms with Crippen molar-refractivity contribution in [1.82, 2.24) is 14.9 Å². The van der Waals surface area contributed by atoms with E-state index in [-0.39, 0.29) is 12.2 Å². The van der Waals surface area contributed by atoms with Gasteiger partial charge in [-0.05, 0) is 51.2 Å². The molecule has 0 unspecified atom stereocenters. The van der Waals surface area contributed by atoms with E-state index in [9.17, 15) is 14.4 Å². The number of carbonyl (C=O) groups excluding carboxylic acids is 2. The molecule has 0 bridgehead atoms. The molecule has 0 saturated heterocycles. The summed E-state index contributed by atoms with van der Waals surface area (Å²) in [4.78, 5) is 39.1. The molecule has 1 aromatic carbocycles. The van der Waals surface area contributed by atoms with Crippen molar-refractivity contribution in [3.05, 3.63) is 38.9 Å². The Morgan fingerprint density at radius 1 is 1.38 bits per heavy atom. The highest BCUT2D eigenvalue weighted by atomic mass is 32.1. The molecule has 1 amide bonds. The average molecular weight is 349 g/mol. The van der Waals surface area contributed by atoms with E-state index in [1.807, 2.05) is 6.92 Å². The van der Waals surface area contributed by atoms with Crippen molar-refractivity contribution in [2.75, 3.05) is 6.61 Å². The molecular weight excluding hydrogens is 330 g/mol. The number of carbonyl (C=O) groups is 2. The number of hydrogen-bond acceptors (Lipinski definition) is 5. The van der Waals surface area contributed by atoms with Crippen molar-refractivity contribution >= 4 is 35.0 Å². The molecule has 24 heavy (non-hydrogen) atoms. The fourth-order valence-corrected chi connectivity index (χ4v) is 2.61. The van der Waals surface area contributed by atoms with E-state index in [0.717, 1.165) is 0 Å². The van der Waals surface area contributed by atoms with Gasteiger partial charge in [-0.1, -0.05) is 0 Å². The smallest absolute Gasteiger partial charge is 0.328 e. The highest BCUT2D eigenvalue weighted by Crippen LogP contribution is 2.11. The summed E-state index contributed by atoms with van der Waals surface area (Å²) in [7, 11) is 0. The van der Waals surface area contributed by atoms with Gasteiger partial charge in [-0.25, -0.2) is 4.79 Å². The molecule has 0 aliphatic carbocycles. The first-order valence-electron chi connectivity index (χ1n) is 7.63. The van der Waals surface area contributed by atoms with Gasteiger partial charge in [0, 0.05) is 12.1 Å². The van der Waals surface area contributed by atoms with E-state index < -0.39 is 17.9 Å². The van der Waals surface area contributed by atoms with Gasteiger partial charge in [0.1, 0.15) is 6.04 Å². The predicted octanol–water partition coefficient (Wildman–Crippen LogP) is 1.76. The minimum absolute atomic E-state index is 0.205. The SMILES string of the molecule is CCOC(=O)[C@@H](C)NC(=O)c1ccc2c(=O)n(CC)c(=S)[nH]c2c1. The third-order valence-electron chi connectivity index (χ3n) is 3.55. The van der Waals surface area contributed by atoms with E-state index in [4.69, 9.17) is 17.0 Å². The van der Waals surface area contributed by atoms with Crippen LogP contribution in [0.15, 0.2) is 23.0 Å². The fraction of sp³-hybridized carbons (Fsp3) is 0.375. The second-order valence-electron chi connectivity index (χ2n) is 5.19. The van der Waals surface area contributed by atoms with Crippen molar-refractivity contribution in [2.24, 2.45) is 0 Å². The Labute approximate surface area is 143 Å². The molecule has 2 N–H and O–H groups in total. The Balaban J connectivity index is 2.34. The first-order valence-corrected chi connectivity index (χ1v) is 8.04. The topological polar surface area (TPSA) is 93.2 Å². The lowest BCUT2D eigenvalue weighted by Gasteiger charge is -2.13. The Bertz CT molecular complexity index is 900. The van der Waals surface area contributed by atoms with Crippen LogP contribution in [-0.4, -0.2) is 34.1 Å². The van der Waals surface area contributed by atoms with E-state index in [1.165, 1.54) is 10.6 Å². The number of nitrogens with zero attached hydrogens (tertiary/aromatic N) is 1. The molecule has 0 fully saturated rings. The average Bonchev–Trinajstić information content (AvgIpc) is 2.54. The lowest BCUT2D eigenvalue weighted by molar-refractivity contribution is -0.144. The number of fused-ring (bicyclic) bond motifs is 1. The highest BCUT2D eigenvalue weighted by Gasteiger charge is 2.18. The van der Waals surface area contributed by atoms with Crippen LogP contribution in [0.1, 0.15) is 31.1 Å². The summed E-state index contributed by atoms with van der Waals surface area (Å²) in [5, 5.41) is 3.01. The molecule has 8 heteroatoms. The van der Waals surface area contributed by atoms with E-state index >= 15 is 0 Å². The van der Waals surface area contributed by atoms with Gasteiger partial charge >= 0.3 is 5.97 Å². The van der Waals surface area contributed by atoms with Gasteiger partial charge < -0.3 is 15.0 Å². The summed E-state index contributed by atoms with van der Waals surface area (Å²) >= 11 is 5.15. The van der Waals surface area contributed by atoms with Gasteiger partial charge in [0.05, 0.1) is 17.5 Å². The van der Waals surface area contributed by atoms with Crippen molar-refractivity contribution < 1.29 is 14.3 Å². The monoisotopic (exact) mass is 349 g/mol. The third-order valence-corrected chi connectivity index (χ3v) is 3.87. The molecule has 0 saturated carbocycles. The Morgan fingerprint density at radius 2 is 2.08 bits per heavy atom. The van der Waals surface area contributed by atoms with Crippen molar-refractivity contribution in [3.8, 4) is 0 Å². The molecule has 0 aliphatic rings. The fourth-order valence-electron chi connectivity index (χ4n) is 2.29. The number of aromatic nitrogens is 2. The minimum atomic E-state index is -0.764. The molecule has 2 rings (SSSR count). The molecular formula is C16H19N3O4S. The first kappa shape index (κ1) is 17.9. The number of hydrogen-bond donors (Lipinski definition) is 2. The number of nitrogens with one attached hydrogen (secondary N) is 2. The lowest BCUT2D eigenvalue weighted by Crippen LogP contribution is -2.39. The number of esters is 1. The first-order chi connectivity index (χ1) is 11.4. The molecule has 0 radical (unpaired) electrons. The van der Waals surface area contributed by atoms with E-state index in [0.29, 0.717) is 27.8 Å². The summed E-state index contributed by atoms with van der Waals surface area (Å²) in [5.41, 5.74) is 0.590. The van der Waals surface area contributed by atoms with Crippen molar-refractivity contribution in [2.45, 2.75) is 33.4 Å². The molecule has 128 valence electrons. The van der Waals surface area contributed by atoms with Gasteiger partial charge in [0.25, 0.3) is 11.5 Å². The summed E-state index contributed by atoms with van der Waals surface area (Å²) < 4.78 is 6.59. The van der Waals surface area contributed by atoms with Gasteiger partial charge in [-0.3, -0.25) is 14.2 Å². The summed E-state index contributed by atoms with van der Waals surface area (Å²) in [5.74, 6) is -0.937. The van der Waals surface area contributed by atoms with Gasteiger partial charge in [0.2, 0.25) is 0 Å². The number of amides is 1. The van der Waals surface area contributed by atoms with Crippen LogP contribution in [0.4, 0.5) is 0 Å². The van der Waals surface area contributed by atoms with Crippen molar-refractivity contribution in [1.29, 1.82) is 0 Å². The molecule has 1 atom stereocenters. The highest BCUT2D eigenvalue weighted by molar-refractivity contribution is 7.71. The van der Waals surface area contributed by atoms with Crippen LogP contribution >= 0.6 is 12.2 Å². The van der Waals surface area contributed by atoms with Crippen LogP contribution in [-0.2, 0) is 16.1 Å². The number of H-pyrrole nitrogens is 1. The zero-order chi connectivity index (χ0) is 17.9. The largest absolute Gasteiger partial charge is 0.464 e. The number of rotatable bonds is 5. The Kier molecular flexibility index (Phi) is 5.50. The second kappa shape index (κ2) is 7.39. The molecule has 1 aromatic heterocycles. The molecule has 1 heterocycles. The maximum atomic E-state index is 12.3. The Morgan fingerprint density at radius 3 is 2.71 bits per heavy atom. The summed E-state index contributed by atoms with van der Waals surface area (Å²) in [6.07, 6.45) is 0. The van der Waals surface area contributed by atoms with Crippen LogP contribution in [0.2, 0.25) is 0 Å². The van der Waals surface area contributed by atoms with E-state index in [1.54, 1.807) is 26.0 Å². The Hall–Kier alpha value is -2.48. The third kappa shape index (κ3) is 3.53. The maximum absolute atomic E-state index is 12.3. The predicted molar refractivity (Wildman–Crippen MR) is 92.6 cm³/mol. The minimum Gasteiger partial charge on any atom is -0.464 e. The van der Waals surface area contributed by atoms with Gasteiger partial charge in [-0.15, -0.1) is 0 Å². The van der Waals surface area contributed by atoms with Gasteiger partial charge in [0.15, 0.2) is 4.77 Å². The van der Waals surface area contributed by atoms with Crippen LogP contribution in [0.25, 0.3) is 10.9 Å². The van der Waals surface area contributed by atoms with Crippen molar-refractivity contribution in [3.63, 3.8) is 0 Å². The van der Waals surface area contributed by atoms with Crippen LogP contribution in [0, 0.1) is 4.77 Å². The standard InChI is InChI=1S/C16H19N3O4S/c1-4-19-14(21)11-7-6-10(8-12(11)18-16(19)24)13(20)17-9(3)15(22)23-5-2/h6-9H,4-5H2,1-3H3,(H,17,20)(H,18,24)/t9-/m1/s1. The quantitative estimate of drug-likeness (QED) is 0.634. The number of benzene rings is 1. The number of ether oxygens (including phenoxy) is 1. The second-order valence-corrected chi connectivity index (χ2v) is 5.57. The van der Waals surface area contributed by atoms with Gasteiger partial charge in [-0.2, -0.15) is 0 Å².